The van der Waals surface area contributed by atoms with E-state index in [-0.39, 0.29) is 24.6 Å². The van der Waals surface area contributed by atoms with Crippen molar-refractivity contribution in [2.45, 2.75) is 44.6 Å². The highest BCUT2D eigenvalue weighted by molar-refractivity contribution is 5.91. The molecule has 1 fully saturated rings. The van der Waals surface area contributed by atoms with Gasteiger partial charge in [-0.1, -0.05) is 19.7 Å². The second-order valence-corrected chi connectivity index (χ2v) is 9.60. The fourth-order valence-corrected chi connectivity index (χ4v) is 4.15. The van der Waals surface area contributed by atoms with Gasteiger partial charge in [-0.15, -0.1) is 0 Å². The molecule has 1 aliphatic carbocycles. The van der Waals surface area contributed by atoms with Crippen LogP contribution in [0.25, 0.3) is 0 Å². The lowest BCUT2D eigenvalue weighted by Crippen LogP contribution is -2.29. The second kappa shape index (κ2) is 17.4. The molecular formula is C33H38O9. The molecule has 0 amide bonds. The van der Waals surface area contributed by atoms with E-state index < -0.39 is 11.9 Å². The van der Waals surface area contributed by atoms with Crippen molar-refractivity contribution in [3.8, 4) is 17.2 Å². The van der Waals surface area contributed by atoms with Crippen LogP contribution in [0.4, 0.5) is 0 Å². The van der Waals surface area contributed by atoms with E-state index >= 15 is 0 Å². The van der Waals surface area contributed by atoms with Crippen molar-refractivity contribution < 1.29 is 42.8 Å². The van der Waals surface area contributed by atoms with Crippen LogP contribution in [0, 0.1) is 5.92 Å². The number of ether oxygens (including phenoxy) is 6. The number of benzene rings is 2. The quantitative estimate of drug-likeness (QED) is 0.0559. The summed E-state index contributed by atoms with van der Waals surface area (Å²) >= 11 is 0. The molecule has 42 heavy (non-hydrogen) atoms. The van der Waals surface area contributed by atoms with Gasteiger partial charge in [0, 0.05) is 18.9 Å². The fraction of sp³-hybridized carbons (Fsp3) is 0.364. The Bertz CT molecular complexity index is 1190. The Morgan fingerprint density at radius 1 is 0.714 bits per heavy atom. The lowest BCUT2D eigenvalue weighted by Gasteiger charge is -2.27. The number of carbonyl (C=O) groups excluding carboxylic acids is 3. The summed E-state index contributed by atoms with van der Waals surface area (Å²) in [7, 11) is 0. The van der Waals surface area contributed by atoms with Crippen LogP contribution in [-0.4, -0.2) is 50.4 Å². The Hall–Kier alpha value is -4.37. The maximum absolute atomic E-state index is 12.7. The molecule has 0 heterocycles. The first-order chi connectivity index (χ1) is 20.4. The summed E-state index contributed by atoms with van der Waals surface area (Å²) in [5.41, 5.74) is 0.351. The van der Waals surface area contributed by atoms with Gasteiger partial charge in [0.15, 0.2) is 0 Å². The molecule has 9 heteroatoms. The molecule has 0 aromatic heterocycles. The van der Waals surface area contributed by atoms with E-state index in [1.807, 2.05) is 0 Å². The van der Waals surface area contributed by atoms with Gasteiger partial charge < -0.3 is 28.4 Å². The molecule has 0 unspecified atom stereocenters. The van der Waals surface area contributed by atoms with E-state index in [1.54, 1.807) is 54.6 Å². The van der Waals surface area contributed by atoms with Gasteiger partial charge in [-0.3, -0.25) is 4.79 Å². The van der Waals surface area contributed by atoms with Crippen LogP contribution >= 0.6 is 0 Å². The zero-order valence-corrected chi connectivity index (χ0v) is 23.8. The van der Waals surface area contributed by atoms with Gasteiger partial charge in [-0.25, -0.2) is 9.59 Å². The lowest BCUT2D eigenvalue weighted by molar-refractivity contribution is -0.141. The molecule has 2 aromatic carbocycles. The van der Waals surface area contributed by atoms with Crippen molar-refractivity contribution >= 4 is 17.9 Å². The van der Waals surface area contributed by atoms with Crippen LogP contribution in [0.5, 0.6) is 17.2 Å². The summed E-state index contributed by atoms with van der Waals surface area (Å²) in [6.07, 6.45) is 7.12. The summed E-state index contributed by atoms with van der Waals surface area (Å²) in [5, 5.41) is 0. The van der Waals surface area contributed by atoms with E-state index in [0.717, 1.165) is 25.3 Å². The molecule has 0 aliphatic heterocycles. The zero-order valence-electron chi connectivity index (χ0n) is 23.8. The van der Waals surface area contributed by atoms with Crippen molar-refractivity contribution in [2.75, 3.05) is 26.4 Å². The predicted molar refractivity (Wildman–Crippen MR) is 156 cm³/mol. The molecule has 0 atom stereocenters. The molecule has 0 bridgehead atoms. The average molecular weight is 579 g/mol. The fourth-order valence-electron chi connectivity index (χ4n) is 4.15. The van der Waals surface area contributed by atoms with Crippen LogP contribution in [0.2, 0.25) is 0 Å². The minimum absolute atomic E-state index is 0.134. The molecule has 0 N–H and O–H groups in total. The minimum atomic E-state index is -0.531. The molecule has 0 radical (unpaired) electrons. The standard InChI is InChI=1S/C33H38O9/c1-4-24(3)37-20-6-21-38-27-12-8-25(9-13-27)32(35)41-29-16-18-30(19-17-29)42-33(36)26-10-14-28(15-11-26)39-22-7-23-40-31(34)5-2/h4-5,10-11,14-19,25,27H,1-3,6-9,12-13,20-23H2. The van der Waals surface area contributed by atoms with E-state index in [4.69, 9.17) is 28.4 Å². The van der Waals surface area contributed by atoms with Crippen LogP contribution in [0.15, 0.2) is 86.2 Å². The van der Waals surface area contributed by atoms with E-state index in [1.165, 1.54) is 0 Å². The van der Waals surface area contributed by atoms with E-state index in [9.17, 15) is 14.4 Å². The van der Waals surface area contributed by atoms with Gasteiger partial charge >= 0.3 is 17.9 Å². The molecule has 2 aromatic rings. The first-order valence-corrected chi connectivity index (χ1v) is 14.0. The van der Waals surface area contributed by atoms with Gasteiger partial charge in [0.1, 0.15) is 23.0 Å². The van der Waals surface area contributed by atoms with Crippen LogP contribution in [0.3, 0.4) is 0 Å². The summed E-state index contributed by atoms with van der Waals surface area (Å²) in [4.78, 5) is 36.2. The Labute approximate surface area is 246 Å². The first-order valence-electron chi connectivity index (χ1n) is 14.0. The second-order valence-electron chi connectivity index (χ2n) is 9.60. The zero-order chi connectivity index (χ0) is 30.2. The van der Waals surface area contributed by atoms with Gasteiger partial charge in [0.05, 0.1) is 44.0 Å². The highest BCUT2D eigenvalue weighted by Gasteiger charge is 2.28. The van der Waals surface area contributed by atoms with Crippen LogP contribution in [-0.2, 0) is 23.8 Å². The van der Waals surface area contributed by atoms with Crippen molar-refractivity contribution in [3.63, 3.8) is 0 Å². The first kappa shape index (κ1) is 32.1. The Morgan fingerprint density at radius 3 is 1.95 bits per heavy atom. The van der Waals surface area contributed by atoms with E-state index in [0.29, 0.717) is 67.7 Å². The lowest BCUT2D eigenvalue weighted by atomic mass is 9.87. The summed E-state index contributed by atoms with van der Waals surface area (Å²) in [6, 6.07) is 12.9. The number of esters is 3. The number of hydrogen-bond acceptors (Lipinski definition) is 9. The Kier molecular flexibility index (Phi) is 13.4. The molecule has 224 valence electrons. The van der Waals surface area contributed by atoms with Gasteiger partial charge in [0.2, 0.25) is 0 Å². The SMILES string of the molecule is C=CC(=C)OCCCOC1CCC(C(=O)Oc2ccc(OC(=O)c3ccc(OCCCOC(=O)C=C)cc3)cc2)CC1. The third-order valence-corrected chi connectivity index (χ3v) is 6.48. The monoisotopic (exact) mass is 578 g/mol. The number of rotatable bonds is 17. The molecule has 0 saturated heterocycles. The normalized spacial score (nSPS) is 16.0. The third kappa shape index (κ3) is 11.2. The highest BCUT2D eigenvalue weighted by Crippen LogP contribution is 2.28. The minimum Gasteiger partial charge on any atom is -0.494 e. The van der Waals surface area contributed by atoms with Gasteiger partial charge in [0.25, 0.3) is 0 Å². The topological polar surface area (TPSA) is 107 Å². The maximum atomic E-state index is 12.7. The number of carbonyl (C=O) groups is 3. The molecule has 9 nitrogen and oxygen atoms in total. The number of allylic oxidation sites excluding steroid dienone is 1. The summed E-state index contributed by atoms with van der Waals surface area (Å²) < 4.78 is 32.7. The summed E-state index contributed by atoms with van der Waals surface area (Å²) in [5.74, 6) is 0.392. The predicted octanol–water partition coefficient (Wildman–Crippen LogP) is 5.99. The van der Waals surface area contributed by atoms with Crippen LogP contribution < -0.4 is 14.2 Å². The maximum Gasteiger partial charge on any atom is 0.343 e. The summed E-state index contributed by atoms with van der Waals surface area (Å²) in [6.45, 7) is 12.3. The molecule has 1 aliphatic rings. The largest absolute Gasteiger partial charge is 0.494 e. The molecular weight excluding hydrogens is 540 g/mol. The van der Waals surface area contributed by atoms with Crippen molar-refractivity contribution in [2.24, 2.45) is 5.92 Å². The third-order valence-electron chi connectivity index (χ3n) is 6.48. The van der Waals surface area contributed by atoms with Crippen molar-refractivity contribution in [1.82, 2.24) is 0 Å². The Balaban J connectivity index is 1.34. The number of hydrogen-bond donors (Lipinski definition) is 0. The molecule has 1 saturated carbocycles. The van der Waals surface area contributed by atoms with Crippen molar-refractivity contribution in [3.05, 3.63) is 91.7 Å². The molecule has 0 spiro atoms. The van der Waals surface area contributed by atoms with Crippen molar-refractivity contribution in [1.29, 1.82) is 0 Å². The average Bonchev–Trinajstić information content (AvgIpc) is 3.01. The Morgan fingerprint density at radius 2 is 1.31 bits per heavy atom. The highest BCUT2D eigenvalue weighted by atomic mass is 16.5. The van der Waals surface area contributed by atoms with E-state index in [2.05, 4.69) is 19.7 Å². The van der Waals surface area contributed by atoms with Gasteiger partial charge in [-0.05, 0) is 80.3 Å². The smallest absolute Gasteiger partial charge is 0.343 e. The van der Waals surface area contributed by atoms with Crippen LogP contribution in [0.1, 0.15) is 48.9 Å². The molecule has 3 rings (SSSR count). The van der Waals surface area contributed by atoms with Gasteiger partial charge in [-0.2, -0.15) is 0 Å².